The summed E-state index contributed by atoms with van der Waals surface area (Å²) in [7, 11) is 0. The number of hydrogen-bond acceptors (Lipinski definition) is 2. The van der Waals surface area contributed by atoms with Gasteiger partial charge in [-0.15, -0.1) is 0 Å². The predicted molar refractivity (Wildman–Crippen MR) is 89.7 cm³/mol. The van der Waals surface area contributed by atoms with Gasteiger partial charge in [-0.1, -0.05) is 36.2 Å². The van der Waals surface area contributed by atoms with Gasteiger partial charge < -0.3 is 5.32 Å². The van der Waals surface area contributed by atoms with Crippen molar-refractivity contribution in [3.63, 3.8) is 0 Å². The Hall–Kier alpha value is -0.860. The van der Waals surface area contributed by atoms with E-state index in [0.29, 0.717) is 6.04 Å². The van der Waals surface area contributed by atoms with Gasteiger partial charge in [0, 0.05) is 25.2 Å². The van der Waals surface area contributed by atoms with Crippen molar-refractivity contribution in [2.75, 3.05) is 19.6 Å². The van der Waals surface area contributed by atoms with Crippen molar-refractivity contribution in [2.45, 2.75) is 58.5 Å². The molecule has 3 rings (SSSR count). The minimum absolute atomic E-state index is 0.489. The fraction of sp³-hybridized carbons (Fsp3) is 0.684. The molecule has 1 aliphatic heterocycles. The molecule has 0 aromatic heterocycles. The van der Waals surface area contributed by atoms with Crippen molar-refractivity contribution in [1.29, 1.82) is 0 Å². The molecule has 2 heteroatoms. The number of benzene rings is 1. The highest BCUT2D eigenvalue weighted by molar-refractivity contribution is 5.31. The fourth-order valence-electron chi connectivity index (χ4n) is 4.30. The molecule has 2 bridgehead atoms. The second kappa shape index (κ2) is 6.50. The van der Waals surface area contributed by atoms with Gasteiger partial charge in [-0.25, -0.2) is 0 Å². The van der Waals surface area contributed by atoms with Crippen LogP contribution in [0.25, 0.3) is 0 Å². The maximum atomic E-state index is 3.78. The summed E-state index contributed by atoms with van der Waals surface area (Å²) in [4.78, 5) is 2.75. The van der Waals surface area contributed by atoms with Crippen LogP contribution < -0.4 is 5.32 Å². The predicted octanol–water partition coefficient (Wildman–Crippen LogP) is 3.83. The Morgan fingerprint density at radius 3 is 2.52 bits per heavy atom. The summed E-state index contributed by atoms with van der Waals surface area (Å²) < 4.78 is 0. The number of rotatable bonds is 6. The van der Waals surface area contributed by atoms with Gasteiger partial charge in [0.1, 0.15) is 0 Å². The lowest BCUT2D eigenvalue weighted by atomic mass is 10.00. The Balaban J connectivity index is 1.73. The van der Waals surface area contributed by atoms with E-state index in [2.05, 4.69) is 49.2 Å². The van der Waals surface area contributed by atoms with Crippen LogP contribution in [0, 0.1) is 19.8 Å². The van der Waals surface area contributed by atoms with E-state index in [4.69, 9.17) is 0 Å². The second-order valence-electron chi connectivity index (χ2n) is 7.21. The van der Waals surface area contributed by atoms with Gasteiger partial charge in [0.15, 0.2) is 0 Å². The number of nitrogens with one attached hydrogen (secondary N) is 1. The van der Waals surface area contributed by atoms with Crippen molar-refractivity contribution in [3.8, 4) is 0 Å². The summed E-state index contributed by atoms with van der Waals surface area (Å²) in [6.45, 7) is 10.3. The Morgan fingerprint density at radius 1 is 1.19 bits per heavy atom. The fourth-order valence-corrected chi connectivity index (χ4v) is 4.30. The molecule has 1 heterocycles. The molecule has 1 N–H and O–H groups in total. The van der Waals surface area contributed by atoms with E-state index in [1.54, 1.807) is 0 Å². The lowest BCUT2D eigenvalue weighted by molar-refractivity contribution is 0.191. The normalized spacial score (nSPS) is 26.4. The molecule has 1 saturated heterocycles. The van der Waals surface area contributed by atoms with E-state index < -0.39 is 0 Å². The van der Waals surface area contributed by atoms with Crippen LogP contribution in [0.2, 0.25) is 0 Å². The van der Waals surface area contributed by atoms with Crippen LogP contribution >= 0.6 is 0 Å². The van der Waals surface area contributed by atoms with Gasteiger partial charge in [-0.3, -0.25) is 4.90 Å². The Bertz CT molecular complexity index is 462. The third kappa shape index (κ3) is 3.49. The largest absolute Gasteiger partial charge is 0.309 e. The number of hydrogen-bond donors (Lipinski definition) is 1. The molecule has 116 valence electrons. The minimum atomic E-state index is 0.489. The van der Waals surface area contributed by atoms with Crippen LogP contribution in [0.5, 0.6) is 0 Å². The van der Waals surface area contributed by atoms with E-state index in [0.717, 1.165) is 18.5 Å². The number of fused-ring (bicyclic) bond motifs is 2. The third-order valence-electron chi connectivity index (χ3n) is 5.23. The van der Waals surface area contributed by atoms with Crippen molar-refractivity contribution >= 4 is 0 Å². The second-order valence-corrected chi connectivity index (χ2v) is 7.21. The molecule has 0 spiro atoms. The van der Waals surface area contributed by atoms with Crippen LogP contribution in [0.15, 0.2) is 18.2 Å². The van der Waals surface area contributed by atoms with Crippen LogP contribution in [0.4, 0.5) is 0 Å². The van der Waals surface area contributed by atoms with E-state index in [1.165, 1.54) is 55.5 Å². The monoisotopic (exact) mass is 286 g/mol. The quantitative estimate of drug-likeness (QED) is 0.855. The molecule has 2 fully saturated rings. The molecule has 0 amide bonds. The van der Waals surface area contributed by atoms with E-state index in [9.17, 15) is 0 Å². The van der Waals surface area contributed by atoms with Gasteiger partial charge in [0.05, 0.1) is 0 Å². The molecular weight excluding hydrogens is 256 g/mol. The molecule has 2 aliphatic rings. The maximum Gasteiger partial charge on any atom is 0.0449 e. The smallest absolute Gasteiger partial charge is 0.0449 e. The minimum Gasteiger partial charge on any atom is -0.309 e. The molecule has 1 saturated carbocycles. The van der Waals surface area contributed by atoms with Crippen molar-refractivity contribution in [1.82, 2.24) is 10.2 Å². The van der Waals surface area contributed by atoms with Gasteiger partial charge in [0.2, 0.25) is 0 Å². The lowest BCUT2D eigenvalue weighted by Crippen LogP contribution is -2.39. The van der Waals surface area contributed by atoms with E-state index in [-0.39, 0.29) is 0 Å². The SMILES string of the molecule is CCCNC(CN1CC2CCC1C2)c1cc(C)cc(C)c1. The van der Waals surface area contributed by atoms with Crippen LogP contribution in [0.1, 0.15) is 55.3 Å². The lowest BCUT2D eigenvalue weighted by Gasteiger charge is -2.31. The Morgan fingerprint density at radius 2 is 1.95 bits per heavy atom. The first kappa shape index (κ1) is 15.1. The molecule has 3 atom stereocenters. The maximum absolute atomic E-state index is 3.78. The highest BCUT2D eigenvalue weighted by Gasteiger charge is 2.38. The summed E-state index contributed by atoms with van der Waals surface area (Å²) in [5.74, 6) is 0.987. The molecule has 21 heavy (non-hydrogen) atoms. The van der Waals surface area contributed by atoms with Gasteiger partial charge in [-0.05, 0) is 57.6 Å². The molecule has 1 aromatic carbocycles. The van der Waals surface area contributed by atoms with Crippen LogP contribution in [-0.4, -0.2) is 30.6 Å². The average Bonchev–Trinajstić information content (AvgIpc) is 3.04. The van der Waals surface area contributed by atoms with Crippen molar-refractivity contribution < 1.29 is 0 Å². The summed E-state index contributed by atoms with van der Waals surface area (Å²) in [6.07, 6.45) is 5.55. The zero-order chi connectivity index (χ0) is 14.8. The first-order chi connectivity index (χ1) is 10.2. The van der Waals surface area contributed by atoms with Crippen molar-refractivity contribution in [3.05, 3.63) is 34.9 Å². The van der Waals surface area contributed by atoms with Crippen molar-refractivity contribution in [2.24, 2.45) is 5.92 Å². The van der Waals surface area contributed by atoms with Gasteiger partial charge >= 0.3 is 0 Å². The zero-order valence-electron chi connectivity index (χ0n) is 13.9. The first-order valence-corrected chi connectivity index (χ1v) is 8.71. The molecule has 1 aromatic rings. The standard InChI is InChI=1S/C19H30N2/c1-4-7-20-19(17-9-14(2)8-15(3)10-17)13-21-12-16-5-6-18(21)11-16/h8-10,16,18-20H,4-7,11-13H2,1-3H3. The van der Waals surface area contributed by atoms with E-state index in [1.807, 2.05) is 0 Å². The Kier molecular flexibility index (Phi) is 4.66. The molecule has 0 radical (unpaired) electrons. The summed E-state index contributed by atoms with van der Waals surface area (Å²) in [6, 6.07) is 8.37. The molecule has 3 unspecified atom stereocenters. The topological polar surface area (TPSA) is 15.3 Å². The van der Waals surface area contributed by atoms with Crippen LogP contribution in [-0.2, 0) is 0 Å². The van der Waals surface area contributed by atoms with E-state index >= 15 is 0 Å². The highest BCUT2D eigenvalue weighted by atomic mass is 15.2. The first-order valence-electron chi connectivity index (χ1n) is 8.71. The molecular formula is C19H30N2. The summed E-state index contributed by atoms with van der Waals surface area (Å²) >= 11 is 0. The molecule has 2 nitrogen and oxygen atoms in total. The number of nitrogens with zero attached hydrogens (tertiary/aromatic N) is 1. The van der Waals surface area contributed by atoms with Gasteiger partial charge in [-0.2, -0.15) is 0 Å². The number of aryl methyl sites for hydroxylation is 2. The third-order valence-corrected chi connectivity index (χ3v) is 5.23. The average molecular weight is 286 g/mol. The zero-order valence-corrected chi connectivity index (χ0v) is 13.9. The number of piperidine rings is 1. The van der Waals surface area contributed by atoms with Gasteiger partial charge in [0.25, 0.3) is 0 Å². The Labute approximate surface area is 129 Å². The highest BCUT2D eigenvalue weighted by Crippen LogP contribution is 2.38. The summed E-state index contributed by atoms with van der Waals surface area (Å²) in [5, 5.41) is 3.78. The summed E-state index contributed by atoms with van der Waals surface area (Å²) in [5.41, 5.74) is 4.25. The number of likely N-dealkylation sites (tertiary alicyclic amines) is 1. The molecule has 1 aliphatic carbocycles. The van der Waals surface area contributed by atoms with Crippen LogP contribution in [0.3, 0.4) is 0 Å².